The van der Waals surface area contributed by atoms with Crippen molar-refractivity contribution >= 4 is 30.1 Å². The summed E-state index contributed by atoms with van der Waals surface area (Å²) in [4.78, 5) is 15.3. The molecule has 5 heteroatoms. The molecule has 0 fully saturated rings. The summed E-state index contributed by atoms with van der Waals surface area (Å²) in [5, 5.41) is 0.0192. The number of aromatic nitrogens is 1. The largest absolute Gasteiger partial charge is 0.368 e. The molecule has 1 rings (SSSR count). The number of nitrogens with two attached hydrogens (primary N) is 1. The Hall–Kier alpha value is -0.740. The van der Waals surface area contributed by atoms with Crippen LogP contribution in [0.5, 0.6) is 0 Å². The SMILES string of the molecule is CC(C)SC(C(N)=O)c1ccccn1.Cl. The predicted molar refractivity (Wildman–Crippen MR) is 66.1 cm³/mol. The van der Waals surface area contributed by atoms with Gasteiger partial charge in [0, 0.05) is 11.4 Å². The third kappa shape index (κ3) is 4.53. The van der Waals surface area contributed by atoms with E-state index in [0.717, 1.165) is 5.69 Å². The lowest BCUT2D eigenvalue weighted by molar-refractivity contribution is -0.117. The van der Waals surface area contributed by atoms with E-state index < -0.39 is 0 Å². The Morgan fingerprint density at radius 1 is 1.47 bits per heavy atom. The molecule has 3 nitrogen and oxygen atoms in total. The summed E-state index contributed by atoms with van der Waals surface area (Å²) in [6.45, 7) is 4.06. The van der Waals surface area contributed by atoms with Gasteiger partial charge in [0.05, 0.1) is 5.69 Å². The van der Waals surface area contributed by atoms with Crippen molar-refractivity contribution in [3.63, 3.8) is 0 Å². The van der Waals surface area contributed by atoms with E-state index in [1.807, 2.05) is 32.0 Å². The summed E-state index contributed by atoms with van der Waals surface area (Å²) in [5.74, 6) is -0.331. The van der Waals surface area contributed by atoms with Gasteiger partial charge in [-0.05, 0) is 12.1 Å². The minimum Gasteiger partial charge on any atom is -0.368 e. The number of carbonyl (C=O) groups excluding carboxylic acids is 1. The minimum atomic E-state index is -0.337. The van der Waals surface area contributed by atoms with E-state index in [4.69, 9.17) is 5.73 Å². The summed E-state index contributed by atoms with van der Waals surface area (Å²) in [6.07, 6.45) is 1.67. The van der Waals surface area contributed by atoms with Gasteiger partial charge in [0.25, 0.3) is 0 Å². The molecule has 15 heavy (non-hydrogen) atoms. The Bertz CT molecular complexity index is 306. The van der Waals surface area contributed by atoms with E-state index in [9.17, 15) is 4.79 Å². The van der Waals surface area contributed by atoms with Crippen molar-refractivity contribution in [2.24, 2.45) is 5.73 Å². The van der Waals surface area contributed by atoms with Gasteiger partial charge < -0.3 is 5.73 Å². The zero-order valence-electron chi connectivity index (χ0n) is 8.71. The van der Waals surface area contributed by atoms with Crippen LogP contribution in [0.3, 0.4) is 0 Å². The van der Waals surface area contributed by atoms with Crippen molar-refractivity contribution in [1.82, 2.24) is 4.98 Å². The van der Waals surface area contributed by atoms with Crippen molar-refractivity contribution in [2.75, 3.05) is 0 Å². The smallest absolute Gasteiger partial charge is 0.236 e. The van der Waals surface area contributed by atoms with E-state index in [1.165, 1.54) is 11.8 Å². The number of carbonyl (C=O) groups is 1. The van der Waals surface area contributed by atoms with Crippen LogP contribution >= 0.6 is 24.2 Å². The zero-order valence-corrected chi connectivity index (χ0v) is 10.3. The fourth-order valence-electron chi connectivity index (χ4n) is 1.09. The Kier molecular flexibility index (Phi) is 6.36. The van der Waals surface area contributed by atoms with E-state index >= 15 is 0 Å². The maximum Gasteiger partial charge on any atom is 0.236 e. The van der Waals surface area contributed by atoms with Crippen molar-refractivity contribution in [3.05, 3.63) is 30.1 Å². The predicted octanol–water partition coefficient (Wildman–Crippen LogP) is 2.17. The first kappa shape index (κ1) is 14.3. The van der Waals surface area contributed by atoms with E-state index in [1.54, 1.807) is 6.20 Å². The van der Waals surface area contributed by atoms with E-state index in [0.29, 0.717) is 5.25 Å². The maximum atomic E-state index is 11.2. The van der Waals surface area contributed by atoms with Crippen molar-refractivity contribution in [2.45, 2.75) is 24.3 Å². The van der Waals surface area contributed by atoms with Crippen LogP contribution in [0, 0.1) is 0 Å². The molecule has 1 atom stereocenters. The Balaban J connectivity index is 0.00000196. The number of hydrogen-bond donors (Lipinski definition) is 1. The van der Waals surface area contributed by atoms with Gasteiger partial charge in [0.15, 0.2) is 0 Å². The van der Waals surface area contributed by atoms with Crippen LogP contribution in [-0.4, -0.2) is 16.1 Å². The van der Waals surface area contributed by atoms with E-state index in [-0.39, 0.29) is 23.6 Å². The van der Waals surface area contributed by atoms with Gasteiger partial charge in [-0.1, -0.05) is 19.9 Å². The van der Waals surface area contributed by atoms with Crippen LogP contribution in [0.2, 0.25) is 0 Å². The molecule has 0 aliphatic carbocycles. The fourth-order valence-corrected chi connectivity index (χ4v) is 2.04. The standard InChI is InChI=1S/C10H14N2OS.ClH/c1-7(2)14-9(10(11)13)8-5-3-4-6-12-8;/h3-7,9H,1-2H3,(H2,11,13);1H. The number of amides is 1. The van der Waals surface area contributed by atoms with Gasteiger partial charge in [-0.2, -0.15) is 0 Å². The highest BCUT2D eigenvalue weighted by atomic mass is 35.5. The first-order valence-corrected chi connectivity index (χ1v) is 5.41. The molecule has 1 aromatic rings. The summed E-state index contributed by atoms with van der Waals surface area (Å²) < 4.78 is 0. The molecule has 0 saturated heterocycles. The number of thioether (sulfide) groups is 1. The highest BCUT2D eigenvalue weighted by Crippen LogP contribution is 2.30. The van der Waals surface area contributed by atoms with Gasteiger partial charge in [0.1, 0.15) is 5.25 Å². The van der Waals surface area contributed by atoms with Gasteiger partial charge in [-0.25, -0.2) is 0 Å². The summed E-state index contributed by atoms with van der Waals surface area (Å²) in [7, 11) is 0. The first-order chi connectivity index (χ1) is 6.61. The number of nitrogens with zero attached hydrogens (tertiary/aromatic N) is 1. The molecular formula is C10H15ClN2OS. The van der Waals surface area contributed by atoms with Gasteiger partial charge in [-0.15, -0.1) is 24.2 Å². The molecular weight excluding hydrogens is 232 g/mol. The van der Waals surface area contributed by atoms with Crippen LogP contribution in [0.4, 0.5) is 0 Å². The maximum absolute atomic E-state index is 11.2. The zero-order chi connectivity index (χ0) is 10.6. The van der Waals surface area contributed by atoms with Gasteiger partial charge >= 0.3 is 0 Å². The first-order valence-electron chi connectivity index (χ1n) is 4.47. The molecule has 0 aliphatic rings. The number of primary amides is 1. The van der Waals surface area contributed by atoms with Crippen LogP contribution in [0.25, 0.3) is 0 Å². The molecule has 1 amide bonds. The lowest BCUT2D eigenvalue weighted by Crippen LogP contribution is -2.21. The van der Waals surface area contributed by atoms with Crippen LogP contribution < -0.4 is 5.73 Å². The fraction of sp³-hybridized carbons (Fsp3) is 0.400. The highest BCUT2D eigenvalue weighted by Gasteiger charge is 2.20. The lowest BCUT2D eigenvalue weighted by atomic mass is 10.2. The number of pyridine rings is 1. The minimum absolute atomic E-state index is 0. The van der Waals surface area contributed by atoms with Gasteiger partial charge in [0.2, 0.25) is 5.91 Å². The summed E-state index contributed by atoms with van der Waals surface area (Å²) in [6, 6.07) is 5.51. The molecule has 0 spiro atoms. The molecule has 0 saturated carbocycles. The number of rotatable bonds is 4. The summed E-state index contributed by atoms with van der Waals surface area (Å²) >= 11 is 1.52. The molecule has 1 unspecified atom stereocenters. The molecule has 0 bridgehead atoms. The Labute approximate surface area is 100 Å². The van der Waals surface area contributed by atoms with Crippen molar-refractivity contribution in [3.8, 4) is 0 Å². The normalized spacial score (nSPS) is 11.9. The average Bonchev–Trinajstić information content (AvgIpc) is 2.15. The van der Waals surface area contributed by atoms with Crippen LogP contribution in [0.1, 0.15) is 24.8 Å². The Morgan fingerprint density at radius 2 is 2.13 bits per heavy atom. The lowest BCUT2D eigenvalue weighted by Gasteiger charge is -2.14. The quantitative estimate of drug-likeness (QED) is 0.886. The molecule has 1 aromatic heterocycles. The molecule has 0 radical (unpaired) electrons. The molecule has 84 valence electrons. The molecule has 2 N–H and O–H groups in total. The topological polar surface area (TPSA) is 56.0 Å². The van der Waals surface area contributed by atoms with Crippen molar-refractivity contribution < 1.29 is 4.79 Å². The second-order valence-corrected chi connectivity index (χ2v) is 4.91. The summed E-state index contributed by atoms with van der Waals surface area (Å²) in [5.41, 5.74) is 6.05. The third-order valence-electron chi connectivity index (χ3n) is 1.62. The monoisotopic (exact) mass is 246 g/mol. The number of halogens is 1. The molecule has 0 aliphatic heterocycles. The van der Waals surface area contributed by atoms with Crippen molar-refractivity contribution in [1.29, 1.82) is 0 Å². The highest BCUT2D eigenvalue weighted by molar-refractivity contribution is 8.00. The van der Waals surface area contributed by atoms with E-state index in [2.05, 4.69) is 4.98 Å². The Morgan fingerprint density at radius 3 is 2.53 bits per heavy atom. The van der Waals surface area contributed by atoms with Gasteiger partial charge in [-0.3, -0.25) is 9.78 Å². The molecule has 1 heterocycles. The third-order valence-corrected chi connectivity index (χ3v) is 2.91. The molecule has 0 aromatic carbocycles. The second-order valence-electron chi connectivity index (χ2n) is 3.22. The van der Waals surface area contributed by atoms with Crippen LogP contribution in [-0.2, 0) is 4.79 Å². The average molecular weight is 247 g/mol. The number of hydrogen-bond acceptors (Lipinski definition) is 3. The second kappa shape index (κ2) is 6.69. The van der Waals surface area contributed by atoms with Crippen LogP contribution in [0.15, 0.2) is 24.4 Å².